The monoisotopic (exact) mass is 802 g/mol. The lowest BCUT2D eigenvalue weighted by Crippen LogP contribution is -2.51. The van der Waals surface area contributed by atoms with Gasteiger partial charge < -0.3 is 37.7 Å². The minimum absolute atomic E-state index is 0.00407. The number of carbonyl (C=O) groups is 1. The maximum Gasteiger partial charge on any atom is 0.412 e. The van der Waals surface area contributed by atoms with E-state index < -0.39 is 40.1 Å². The van der Waals surface area contributed by atoms with E-state index in [9.17, 15) is 13.2 Å². The standard InChI is InChI=1S/C42H50N4O10S/c1-28(2)22-45(57(48,49)32-14-15-35-36(21-32)54-27-53-35)24-37-34(46(42(3,4)56-37)41(47)55-38-25-52-40-33(38)16-19-50-40)20-29-10-12-31(13-11-29)51-26-39-43-17-18-44(39)23-30-8-6-5-7-9-30/h5-15,17-18,21,28,33-34,37-38,40H,16,19-20,22-27H2,1-4H3/t33-,34-,37+,38-,40+/m0/s1. The van der Waals surface area contributed by atoms with Crippen molar-refractivity contribution in [2.45, 2.75) is 88.8 Å². The van der Waals surface area contributed by atoms with Crippen LogP contribution in [0, 0.1) is 11.8 Å². The summed E-state index contributed by atoms with van der Waals surface area (Å²) in [6.45, 7) is 9.57. The summed E-state index contributed by atoms with van der Waals surface area (Å²) in [6, 6.07) is 21.9. The van der Waals surface area contributed by atoms with Crippen molar-refractivity contribution in [2.75, 3.05) is 33.1 Å². The molecule has 0 aliphatic carbocycles. The van der Waals surface area contributed by atoms with Crippen LogP contribution in [0.5, 0.6) is 17.2 Å². The number of ether oxygens (including phenoxy) is 7. The van der Waals surface area contributed by atoms with Crippen LogP contribution < -0.4 is 14.2 Å². The Morgan fingerprint density at radius 3 is 2.58 bits per heavy atom. The van der Waals surface area contributed by atoms with Crippen LogP contribution in [0.3, 0.4) is 0 Å². The van der Waals surface area contributed by atoms with Crippen molar-refractivity contribution in [1.82, 2.24) is 18.8 Å². The highest BCUT2D eigenvalue weighted by atomic mass is 32.2. The molecule has 4 aliphatic rings. The Labute approximate surface area is 333 Å². The van der Waals surface area contributed by atoms with Crippen molar-refractivity contribution in [3.63, 3.8) is 0 Å². The van der Waals surface area contributed by atoms with Crippen molar-refractivity contribution < 1.29 is 46.4 Å². The Balaban J connectivity index is 1.03. The van der Waals surface area contributed by atoms with Crippen molar-refractivity contribution in [3.05, 3.63) is 102 Å². The first-order valence-corrected chi connectivity index (χ1v) is 20.9. The van der Waals surface area contributed by atoms with Crippen molar-refractivity contribution in [1.29, 1.82) is 0 Å². The predicted molar refractivity (Wildman–Crippen MR) is 207 cm³/mol. The van der Waals surface area contributed by atoms with Gasteiger partial charge in [-0.25, -0.2) is 18.2 Å². The van der Waals surface area contributed by atoms with Gasteiger partial charge in [-0.15, -0.1) is 0 Å². The molecular weight excluding hydrogens is 753 g/mol. The van der Waals surface area contributed by atoms with Crippen LogP contribution in [0.4, 0.5) is 4.79 Å². The molecule has 5 atom stereocenters. The maximum absolute atomic E-state index is 14.4. The Bertz CT molecular complexity index is 2130. The van der Waals surface area contributed by atoms with Crippen molar-refractivity contribution in [3.8, 4) is 17.2 Å². The summed E-state index contributed by atoms with van der Waals surface area (Å²) in [7, 11) is -4.03. The molecule has 0 bridgehead atoms. The summed E-state index contributed by atoms with van der Waals surface area (Å²) in [5, 5.41) is 0. The maximum atomic E-state index is 14.4. The fourth-order valence-electron chi connectivity index (χ4n) is 8.12. The molecule has 304 valence electrons. The smallest absolute Gasteiger partial charge is 0.412 e. The summed E-state index contributed by atoms with van der Waals surface area (Å²) < 4.78 is 73.6. The van der Waals surface area contributed by atoms with Crippen LogP contribution in [-0.2, 0) is 48.5 Å². The van der Waals surface area contributed by atoms with Crippen LogP contribution in [0.2, 0.25) is 0 Å². The quantitative estimate of drug-likeness (QED) is 0.152. The molecule has 1 amide bonds. The summed E-state index contributed by atoms with van der Waals surface area (Å²) >= 11 is 0. The van der Waals surface area contributed by atoms with Crippen LogP contribution in [0.1, 0.15) is 51.1 Å². The van der Waals surface area contributed by atoms with Crippen molar-refractivity contribution in [2.24, 2.45) is 11.8 Å². The van der Waals surface area contributed by atoms with Gasteiger partial charge in [0.05, 0.1) is 36.2 Å². The number of nitrogens with zero attached hydrogens (tertiary/aromatic N) is 4. The molecule has 15 heteroatoms. The van der Waals surface area contributed by atoms with E-state index >= 15 is 0 Å². The Morgan fingerprint density at radius 2 is 1.79 bits per heavy atom. The van der Waals surface area contributed by atoms with E-state index in [4.69, 9.17) is 33.2 Å². The second kappa shape index (κ2) is 16.3. The van der Waals surface area contributed by atoms with E-state index in [-0.39, 0.29) is 56.1 Å². The first-order valence-electron chi connectivity index (χ1n) is 19.5. The highest BCUT2D eigenvalue weighted by Crippen LogP contribution is 2.40. The van der Waals surface area contributed by atoms with Crippen molar-refractivity contribution >= 4 is 16.1 Å². The lowest BCUT2D eigenvalue weighted by molar-refractivity contribution is -0.0911. The average molecular weight is 803 g/mol. The lowest BCUT2D eigenvalue weighted by Gasteiger charge is -2.34. The number of imidazole rings is 1. The molecule has 14 nitrogen and oxygen atoms in total. The van der Waals surface area contributed by atoms with Gasteiger partial charge in [0.15, 0.2) is 17.8 Å². The molecule has 3 saturated heterocycles. The fourth-order valence-corrected chi connectivity index (χ4v) is 9.75. The van der Waals surface area contributed by atoms with Gasteiger partial charge in [0.1, 0.15) is 30.0 Å². The summed E-state index contributed by atoms with van der Waals surface area (Å²) in [6.07, 6.45) is 2.70. The molecule has 3 fully saturated rings. The van der Waals surface area contributed by atoms with Crippen LogP contribution in [-0.4, -0.2) is 96.6 Å². The molecule has 0 unspecified atom stereocenters. The number of fused-ring (bicyclic) bond motifs is 2. The third kappa shape index (κ3) is 8.49. The molecule has 0 N–H and O–H groups in total. The molecule has 0 saturated carbocycles. The highest BCUT2D eigenvalue weighted by Gasteiger charge is 2.53. The van der Waals surface area contributed by atoms with Crippen LogP contribution in [0.15, 0.2) is 90.1 Å². The first kappa shape index (κ1) is 39.2. The van der Waals surface area contributed by atoms with Gasteiger partial charge in [0.25, 0.3) is 0 Å². The third-order valence-corrected chi connectivity index (χ3v) is 12.7. The Morgan fingerprint density at radius 1 is 1.00 bits per heavy atom. The zero-order chi connectivity index (χ0) is 39.7. The van der Waals surface area contributed by atoms with Gasteiger partial charge in [-0.2, -0.15) is 4.31 Å². The van der Waals surface area contributed by atoms with E-state index in [0.717, 1.165) is 17.8 Å². The minimum Gasteiger partial charge on any atom is -0.486 e. The summed E-state index contributed by atoms with van der Waals surface area (Å²) in [5.41, 5.74) is 0.945. The van der Waals surface area contributed by atoms with E-state index in [1.807, 2.05) is 76.4 Å². The predicted octanol–water partition coefficient (Wildman–Crippen LogP) is 5.83. The molecule has 1 aromatic heterocycles. The number of hydrogen-bond acceptors (Lipinski definition) is 11. The topological polar surface area (TPSA) is 140 Å². The van der Waals surface area contributed by atoms with Gasteiger partial charge >= 0.3 is 6.09 Å². The second-order valence-electron chi connectivity index (χ2n) is 15.8. The summed E-state index contributed by atoms with van der Waals surface area (Å²) in [5.74, 6) is 2.28. The van der Waals surface area contributed by atoms with Gasteiger partial charge in [0, 0.05) is 38.1 Å². The molecule has 3 aromatic carbocycles. The zero-order valence-electron chi connectivity index (χ0n) is 32.7. The van der Waals surface area contributed by atoms with Gasteiger partial charge in [-0.05, 0) is 68.0 Å². The van der Waals surface area contributed by atoms with E-state index in [0.29, 0.717) is 36.8 Å². The van der Waals surface area contributed by atoms with E-state index in [2.05, 4.69) is 21.7 Å². The molecule has 8 rings (SSSR count). The normalized spacial score (nSPS) is 23.7. The lowest BCUT2D eigenvalue weighted by atomic mass is 9.99. The summed E-state index contributed by atoms with van der Waals surface area (Å²) in [4.78, 5) is 20.5. The van der Waals surface area contributed by atoms with E-state index in [1.54, 1.807) is 17.2 Å². The zero-order valence-corrected chi connectivity index (χ0v) is 33.5. The third-order valence-electron chi connectivity index (χ3n) is 10.9. The van der Waals surface area contributed by atoms with Gasteiger partial charge in [-0.3, -0.25) is 4.90 Å². The van der Waals surface area contributed by atoms with Gasteiger partial charge in [0.2, 0.25) is 16.8 Å². The largest absolute Gasteiger partial charge is 0.486 e. The minimum atomic E-state index is -4.03. The molecule has 57 heavy (non-hydrogen) atoms. The van der Waals surface area contributed by atoms with Gasteiger partial charge in [-0.1, -0.05) is 56.3 Å². The number of hydrogen-bond donors (Lipinski definition) is 0. The fraction of sp³-hybridized carbons (Fsp3) is 0.476. The Kier molecular flexibility index (Phi) is 11.2. The molecule has 4 aliphatic heterocycles. The number of aromatic nitrogens is 2. The molecule has 0 radical (unpaired) electrons. The highest BCUT2D eigenvalue weighted by molar-refractivity contribution is 7.89. The van der Waals surface area contributed by atoms with Crippen LogP contribution in [0.25, 0.3) is 0 Å². The molecular formula is C42H50N4O10S. The number of rotatable bonds is 14. The SMILES string of the molecule is CC(C)CN(C[C@H]1OC(C)(C)N(C(=O)O[C@H]2CO[C@H]3OCC[C@H]32)[C@H]1Cc1ccc(OCc2nccn2Cc2ccccc2)cc1)S(=O)(=O)c1ccc2c(c1)OCO2. The van der Waals surface area contributed by atoms with E-state index in [1.165, 1.54) is 22.0 Å². The first-order chi connectivity index (χ1) is 27.4. The van der Waals surface area contributed by atoms with Crippen LogP contribution >= 0.6 is 0 Å². The molecule has 0 spiro atoms. The average Bonchev–Trinajstić information content (AvgIpc) is 4.02. The second-order valence-corrected chi connectivity index (χ2v) is 17.8. The molecule has 4 aromatic rings. The number of amides is 1. The number of benzene rings is 3. The molecule has 5 heterocycles. The number of carbonyl (C=O) groups excluding carboxylic acids is 1. The number of sulfonamides is 1. The Hall–Kier alpha value is -4.67.